The monoisotopic (exact) mass is 274 g/mol. The Morgan fingerprint density at radius 1 is 1.30 bits per heavy atom. The normalized spacial score (nSPS) is 11.3. The summed E-state index contributed by atoms with van der Waals surface area (Å²) in [6.07, 6.45) is 0.0327. The predicted molar refractivity (Wildman–Crippen MR) is 75.3 cm³/mol. The molecule has 0 amide bonds. The van der Waals surface area contributed by atoms with Crippen molar-refractivity contribution < 1.29 is 9.53 Å². The number of hydrogen-bond acceptors (Lipinski definition) is 5. The van der Waals surface area contributed by atoms with Gasteiger partial charge in [-0.2, -0.15) is 0 Å². The molecule has 2 aromatic rings. The number of hydrogen-bond donors (Lipinski definition) is 1. The highest BCUT2D eigenvalue weighted by atomic mass is 16.6. The number of benzene rings is 1. The Kier molecular flexibility index (Phi) is 3.74. The van der Waals surface area contributed by atoms with Crippen LogP contribution in [-0.2, 0) is 16.0 Å². The van der Waals surface area contributed by atoms with Crippen LogP contribution in [0.15, 0.2) is 30.3 Å². The molecule has 20 heavy (non-hydrogen) atoms. The fourth-order valence-corrected chi connectivity index (χ4v) is 1.77. The zero-order chi connectivity index (χ0) is 14.8. The molecule has 2 N–H and O–H groups in total. The lowest BCUT2D eigenvalue weighted by Gasteiger charge is -2.19. The fourth-order valence-electron chi connectivity index (χ4n) is 1.77. The third-order valence-corrected chi connectivity index (χ3v) is 2.53. The van der Waals surface area contributed by atoms with Gasteiger partial charge in [-0.1, -0.05) is 23.4 Å². The molecular weight excluding hydrogens is 256 g/mol. The Balaban J connectivity index is 2.25. The van der Waals surface area contributed by atoms with E-state index in [9.17, 15) is 4.79 Å². The maximum absolute atomic E-state index is 11.9. The van der Waals surface area contributed by atoms with E-state index < -0.39 is 5.60 Å². The van der Waals surface area contributed by atoms with Crippen molar-refractivity contribution in [1.29, 1.82) is 0 Å². The van der Waals surface area contributed by atoms with E-state index in [1.807, 2.05) is 51.1 Å². The smallest absolute Gasteiger partial charge is 0.312 e. The van der Waals surface area contributed by atoms with E-state index in [1.165, 1.54) is 0 Å². The van der Waals surface area contributed by atoms with Crippen LogP contribution in [0.4, 0.5) is 5.82 Å². The van der Waals surface area contributed by atoms with Gasteiger partial charge in [0.25, 0.3) is 0 Å². The van der Waals surface area contributed by atoms with Crippen molar-refractivity contribution >= 4 is 11.8 Å². The molecule has 6 heteroatoms. The molecule has 1 heterocycles. The maximum atomic E-state index is 11.9. The lowest BCUT2D eigenvalue weighted by Crippen LogP contribution is -2.25. The second kappa shape index (κ2) is 5.32. The van der Waals surface area contributed by atoms with Crippen molar-refractivity contribution in [3.05, 3.63) is 36.0 Å². The highest BCUT2D eigenvalue weighted by Gasteiger charge is 2.21. The van der Waals surface area contributed by atoms with Gasteiger partial charge in [-0.3, -0.25) is 4.79 Å². The van der Waals surface area contributed by atoms with Crippen LogP contribution in [0.3, 0.4) is 0 Å². The first-order valence-electron chi connectivity index (χ1n) is 6.34. The van der Waals surface area contributed by atoms with Crippen LogP contribution in [0.25, 0.3) is 5.69 Å². The second-order valence-electron chi connectivity index (χ2n) is 5.43. The quantitative estimate of drug-likeness (QED) is 0.862. The van der Waals surface area contributed by atoms with Crippen molar-refractivity contribution in [2.24, 2.45) is 0 Å². The number of esters is 1. The Hall–Kier alpha value is -2.37. The second-order valence-corrected chi connectivity index (χ2v) is 5.43. The van der Waals surface area contributed by atoms with E-state index in [0.717, 1.165) is 5.69 Å². The molecule has 2 rings (SSSR count). The van der Waals surface area contributed by atoms with Crippen LogP contribution in [-0.4, -0.2) is 26.6 Å². The standard InChI is InChI=1S/C14H18N4O2/c1-14(2,3)20-12(19)9-11-13(15)16-17-18(11)10-7-5-4-6-8-10/h4-8H,9,15H2,1-3H3. The number of nitrogen functional groups attached to an aromatic ring is 1. The van der Waals surface area contributed by atoms with Gasteiger partial charge in [-0.05, 0) is 32.9 Å². The number of carbonyl (C=O) groups excluding carboxylic acids is 1. The minimum absolute atomic E-state index is 0.0327. The number of rotatable bonds is 3. The van der Waals surface area contributed by atoms with Crippen LogP contribution < -0.4 is 5.73 Å². The predicted octanol–water partition coefficient (Wildman–Crippen LogP) is 1.73. The van der Waals surface area contributed by atoms with Gasteiger partial charge in [0.15, 0.2) is 5.82 Å². The Labute approximate surface area is 117 Å². The van der Waals surface area contributed by atoms with E-state index >= 15 is 0 Å². The number of anilines is 1. The molecule has 0 saturated carbocycles. The van der Waals surface area contributed by atoms with Crippen LogP contribution in [0.5, 0.6) is 0 Å². The van der Waals surface area contributed by atoms with Gasteiger partial charge < -0.3 is 10.5 Å². The van der Waals surface area contributed by atoms with Gasteiger partial charge in [0.1, 0.15) is 5.60 Å². The molecule has 1 aromatic heterocycles. The first-order chi connectivity index (χ1) is 9.37. The van der Waals surface area contributed by atoms with Crippen molar-refractivity contribution in [3.8, 4) is 5.69 Å². The zero-order valence-corrected chi connectivity index (χ0v) is 11.8. The van der Waals surface area contributed by atoms with Crippen molar-refractivity contribution in [1.82, 2.24) is 15.0 Å². The van der Waals surface area contributed by atoms with Crippen molar-refractivity contribution in [2.45, 2.75) is 32.8 Å². The van der Waals surface area contributed by atoms with Crippen LogP contribution >= 0.6 is 0 Å². The Bertz CT molecular complexity index is 599. The third kappa shape index (κ3) is 3.34. The number of ether oxygens (including phenoxy) is 1. The van der Waals surface area contributed by atoms with Gasteiger partial charge in [0.05, 0.1) is 17.8 Å². The number of nitrogens with two attached hydrogens (primary N) is 1. The Morgan fingerprint density at radius 3 is 2.55 bits per heavy atom. The lowest BCUT2D eigenvalue weighted by molar-refractivity contribution is -0.154. The molecule has 6 nitrogen and oxygen atoms in total. The van der Waals surface area contributed by atoms with Gasteiger partial charge in [-0.15, -0.1) is 5.10 Å². The van der Waals surface area contributed by atoms with Crippen LogP contribution in [0.1, 0.15) is 26.5 Å². The summed E-state index contributed by atoms with van der Waals surface area (Å²) in [6.45, 7) is 5.46. The molecule has 1 aromatic carbocycles. The fraction of sp³-hybridized carbons (Fsp3) is 0.357. The molecule has 0 saturated heterocycles. The summed E-state index contributed by atoms with van der Waals surface area (Å²) in [7, 11) is 0. The van der Waals surface area contributed by atoms with Crippen LogP contribution in [0.2, 0.25) is 0 Å². The molecule has 0 fully saturated rings. The van der Waals surface area contributed by atoms with E-state index in [2.05, 4.69) is 10.3 Å². The molecule has 0 radical (unpaired) electrons. The van der Waals surface area contributed by atoms with E-state index in [0.29, 0.717) is 5.69 Å². The first kappa shape index (κ1) is 14.0. The minimum Gasteiger partial charge on any atom is -0.460 e. The average molecular weight is 274 g/mol. The number of aromatic nitrogens is 3. The third-order valence-electron chi connectivity index (χ3n) is 2.53. The van der Waals surface area contributed by atoms with Crippen molar-refractivity contribution in [3.63, 3.8) is 0 Å². The Morgan fingerprint density at radius 2 is 1.95 bits per heavy atom. The topological polar surface area (TPSA) is 83.0 Å². The first-order valence-corrected chi connectivity index (χ1v) is 6.34. The molecule has 0 atom stereocenters. The number of nitrogens with zero attached hydrogens (tertiary/aromatic N) is 3. The van der Waals surface area contributed by atoms with Crippen molar-refractivity contribution in [2.75, 3.05) is 5.73 Å². The molecule has 106 valence electrons. The van der Waals surface area contributed by atoms with Gasteiger partial charge in [-0.25, -0.2) is 4.68 Å². The largest absolute Gasteiger partial charge is 0.460 e. The van der Waals surface area contributed by atoms with E-state index in [1.54, 1.807) is 4.68 Å². The molecule has 0 aliphatic carbocycles. The summed E-state index contributed by atoms with van der Waals surface area (Å²) < 4.78 is 6.85. The molecule has 0 bridgehead atoms. The SMILES string of the molecule is CC(C)(C)OC(=O)Cc1c(N)nnn1-c1ccccc1. The van der Waals surface area contributed by atoms with E-state index in [-0.39, 0.29) is 18.2 Å². The molecular formula is C14H18N4O2. The maximum Gasteiger partial charge on any atom is 0.312 e. The highest BCUT2D eigenvalue weighted by Crippen LogP contribution is 2.17. The summed E-state index contributed by atoms with van der Waals surface area (Å²) in [5.41, 5.74) is 6.59. The summed E-state index contributed by atoms with van der Waals surface area (Å²) >= 11 is 0. The lowest BCUT2D eigenvalue weighted by atomic mass is 10.2. The molecule has 0 aliphatic heterocycles. The van der Waals surface area contributed by atoms with E-state index in [4.69, 9.17) is 10.5 Å². The van der Waals surface area contributed by atoms with Gasteiger partial charge in [0.2, 0.25) is 0 Å². The zero-order valence-electron chi connectivity index (χ0n) is 11.8. The molecule has 0 aliphatic rings. The minimum atomic E-state index is -0.531. The average Bonchev–Trinajstić information content (AvgIpc) is 2.70. The number of para-hydroxylation sites is 1. The van der Waals surface area contributed by atoms with Crippen LogP contribution in [0, 0.1) is 0 Å². The summed E-state index contributed by atoms with van der Waals surface area (Å²) in [5.74, 6) is -0.122. The van der Waals surface area contributed by atoms with Gasteiger partial charge in [0, 0.05) is 0 Å². The summed E-state index contributed by atoms with van der Waals surface area (Å²) in [6, 6.07) is 9.39. The van der Waals surface area contributed by atoms with Gasteiger partial charge >= 0.3 is 5.97 Å². The number of carbonyl (C=O) groups is 1. The highest BCUT2D eigenvalue weighted by molar-refractivity contribution is 5.74. The summed E-state index contributed by atoms with van der Waals surface area (Å²) in [5, 5.41) is 7.79. The molecule has 0 spiro atoms. The molecule has 0 unspecified atom stereocenters. The summed E-state index contributed by atoms with van der Waals surface area (Å²) in [4.78, 5) is 11.9.